The fraction of sp³-hybridized carbons (Fsp3) is 0.294. The SMILES string of the molecule is CC(=O)c1ccc(NC(=O)N2CCN(c3ncc(F)cn3)CC2)cc1. The number of nitrogens with zero attached hydrogens (tertiary/aromatic N) is 4. The highest BCUT2D eigenvalue weighted by Gasteiger charge is 2.22. The van der Waals surface area contributed by atoms with Crippen LogP contribution in [-0.4, -0.2) is 52.9 Å². The van der Waals surface area contributed by atoms with Crippen molar-refractivity contribution in [2.24, 2.45) is 0 Å². The first kappa shape index (κ1) is 16.8. The molecule has 25 heavy (non-hydrogen) atoms. The summed E-state index contributed by atoms with van der Waals surface area (Å²) in [4.78, 5) is 35.1. The second-order valence-electron chi connectivity index (χ2n) is 5.74. The van der Waals surface area contributed by atoms with Gasteiger partial charge in [-0.3, -0.25) is 4.79 Å². The van der Waals surface area contributed by atoms with Crippen LogP contribution >= 0.6 is 0 Å². The second-order valence-corrected chi connectivity index (χ2v) is 5.74. The van der Waals surface area contributed by atoms with Crippen molar-refractivity contribution in [3.8, 4) is 0 Å². The minimum absolute atomic E-state index is 0.0167. The van der Waals surface area contributed by atoms with Gasteiger partial charge in [0.05, 0.1) is 12.4 Å². The second kappa shape index (κ2) is 7.25. The van der Waals surface area contributed by atoms with Crippen LogP contribution in [0.3, 0.4) is 0 Å². The van der Waals surface area contributed by atoms with E-state index in [1.807, 2.05) is 4.90 Å². The van der Waals surface area contributed by atoms with Crippen LogP contribution in [0.2, 0.25) is 0 Å². The standard InChI is InChI=1S/C17H18FN5O2/c1-12(24)13-2-4-15(5-3-13)21-17(25)23-8-6-22(7-9-23)16-19-10-14(18)11-20-16/h2-5,10-11H,6-9H2,1H3,(H,21,25). The monoisotopic (exact) mass is 343 g/mol. The summed E-state index contributed by atoms with van der Waals surface area (Å²) in [6, 6.07) is 6.58. The lowest BCUT2D eigenvalue weighted by Gasteiger charge is -2.34. The van der Waals surface area contributed by atoms with Crippen molar-refractivity contribution < 1.29 is 14.0 Å². The zero-order valence-electron chi connectivity index (χ0n) is 13.8. The van der Waals surface area contributed by atoms with Crippen LogP contribution in [0, 0.1) is 5.82 Å². The van der Waals surface area contributed by atoms with E-state index >= 15 is 0 Å². The number of anilines is 2. The van der Waals surface area contributed by atoms with Gasteiger partial charge >= 0.3 is 6.03 Å². The normalized spacial score (nSPS) is 14.3. The van der Waals surface area contributed by atoms with E-state index in [0.29, 0.717) is 43.4 Å². The fourth-order valence-electron chi connectivity index (χ4n) is 2.57. The number of benzene rings is 1. The number of halogens is 1. The van der Waals surface area contributed by atoms with Gasteiger partial charge in [0.2, 0.25) is 5.95 Å². The molecule has 1 aromatic heterocycles. The van der Waals surface area contributed by atoms with Gasteiger partial charge in [-0.2, -0.15) is 0 Å². The molecule has 0 bridgehead atoms. The minimum atomic E-state index is -0.474. The molecule has 1 N–H and O–H groups in total. The third kappa shape index (κ3) is 4.09. The molecule has 0 radical (unpaired) electrons. The Morgan fingerprint density at radius 1 is 1.04 bits per heavy atom. The average Bonchev–Trinajstić information content (AvgIpc) is 2.63. The molecule has 0 saturated carbocycles. The number of rotatable bonds is 3. The molecule has 2 heterocycles. The summed E-state index contributed by atoms with van der Waals surface area (Å²) < 4.78 is 12.9. The van der Waals surface area contributed by atoms with E-state index in [1.54, 1.807) is 29.2 Å². The number of amides is 2. The molecule has 8 heteroatoms. The quantitative estimate of drug-likeness (QED) is 0.864. The smallest absolute Gasteiger partial charge is 0.321 e. The number of ketones is 1. The van der Waals surface area contributed by atoms with Crippen LogP contribution in [0.4, 0.5) is 20.8 Å². The Hall–Kier alpha value is -3.03. The van der Waals surface area contributed by atoms with Crippen LogP contribution in [-0.2, 0) is 0 Å². The topological polar surface area (TPSA) is 78.4 Å². The first-order valence-corrected chi connectivity index (χ1v) is 7.92. The van der Waals surface area contributed by atoms with Gasteiger partial charge in [-0.05, 0) is 31.2 Å². The summed E-state index contributed by atoms with van der Waals surface area (Å²) in [5.74, 6) is -0.0316. The Morgan fingerprint density at radius 2 is 1.64 bits per heavy atom. The van der Waals surface area contributed by atoms with Crippen molar-refractivity contribution in [3.63, 3.8) is 0 Å². The lowest BCUT2D eigenvalue weighted by Crippen LogP contribution is -2.50. The third-order valence-electron chi connectivity index (χ3n) is 4.00. The first-order valence-electron chi connectivity index (χ1n) is 7.92. The Balaban J connectivity index is 1.54. The highest BCUT2D eigenvalue weighted by molar-refractivity contribution is 5.95. The Labute approximate surface area is 144 Å². The molecular weight excluding hydrogens is 325 g/mol. The summed E-state index contributed by atoms with van der Waals surface area (Å²) in [7, 11) is 0. The average molecular weight is 343 g/mol. The highest BCUT2D eigenvalue weighted by atomic mass is 19.1. The zero-order chi connectivity index (χ0) is 17.8. The summed E-state index contributed by atoms with van der Waals surface area (Å²) in [5, 5.41) is 2.82. The molecule has 0 unspecified atom stereocenters. The van der Waals surface area contributed by atoms with Gasteiger partial charge in [-0.1, -0.05) is 0 Å². The lowest BCUT2D eigenvalue weighted by molar-refractivity contribution is 0.101. The zero-order valence-corrected chi connectivity index (χ0v) is 13.8. The van der Waals surface area contributed by atoms with E-state index in [4.69, 9.17) is 0 Å². The molecule has 0 spiro atoms. The number of carbonyl (C=O) groups excluding carboxylic acids is 2. The largest absolute Gasteiger partial charge is 0.337 e. The molecule has 3 rings (SSSR count). The van der Waals surface area contributed by atoms with Gasteiger partial charge in [0.25, 0.3) is 0 Å². The van der Waals surface area contributed by atoms with Crippen LogP contribution in [0.15, 0.2) is 36.7 Å². The summed E-state index contributed by atoms with van der Waals surface area (Å²) >= 11 is 0. The molecule has 1 fully saturated rings. The molecule has 1 aliphatic heterocycles. The molecule has 130 valence electrons. The van der Waals surface area contributed by atoms with E-state index < -0.39 is 5.82 Å². The van der Waals surface area contributed by atoms with Gasteiger partial charge < -0.3 is 15.1 Å². The van der Waals surface area contributed by atoms with Crippen molar-refractivity contribution in [1.29, 1.82) is 0 Å². The van der Waals surface area contributed by atoms with Gasteiger partial charge in [-0.15, -0.1) is 0 Å². The fourth-order valence-corrected chi connectivity index (χ4v) is 2.57. The summed E-state index contributed by atoms with van der Waals surface area (Å²) in [6.45, 7) is 3.67. The van der Waals surface area contributed by atoms with Crippen molar-refractivity contribution in [2.45, 2.75) is 6.92 Å². The molecular formula is C17H18FN5O2. The third-order valence-corrected chi connectivity index (χ3v) is 4.00. The Kier molecular flexibility index (Phi) is 4.87. The minimum Gasteiger partial charge on any atom is -0.337 e. The van der Waals surface area contributed by atoms with Gasteiger partial charge in [0.1, 0.15) is 0 Å². The molecule has 1 aromatic carbocycles. The first-order chi connectivity index (χ1) is 12.0. The number of hydrogen-bond donors (Lipinski definition) is 1. The van der Waals surface area contributed by atoms with Crippen molar-refractivity contribution >= 4 is 23.5 Å². The number of carbonyl (C=O) groups is 2. The van der Waals surface area contributed by atoms with E-state index in [2.05, 4.69) is 15.3 Å². The number of piperazine rings is 1. The van der Waals surface area contributed by atoms with E-state index in [0.717, 1.165) is 12.4 Å². The van der Waals surface area contributed by atoms with Gasteiger partial charge in [-0.25, -0.2) is 19.2 Å². The maximum absolute atomic E-state index is 12.9. The summed E-state index contributed by atoms with van der Waals surface area (Å²) in [5.41, 5.74) is 1.24. The van der Waals surface area contributed by atoms with Gasteiger partial charge in [0, 0.05) is 37.4 Å². The van der Waals surface area contributed by atoms with Crippen LogP contribution in [0.1, 0.15) is 17.3 Å². The maximum Gasteiger partial charge on any atom is 0.321 e. The number of nitrogens with one attached hydrogen (secondary N) is 1. The lowest BCUT2D eigenvalue weighted by atomic mass is 10.1. The number of aromatic nitrogens is 2. The molecule has 0 atom stereocenters. The van der Waals surface area contributed by atoms with Crippen LogP contribution in [0.25, 0.3) is 0 Å². The summed E-state index contributed by atoms with van der Waals surface area (Å²) in [6.07, 6.45) is 2.26. The molecule has 1 saturated heterocycles. The predicted octanol–water partition coefficient (Wildman–Crippen LogP) is 2.17. The van der Waals surface area contributed by atoms with E-state index in [-0.39, 0.29) is 11.8 Å². The van der Waals surface area contributed by atoms with Gasteiger partial charge in [0.15, 0.2) is 11.6 Å². The highest BCUT2D eigenvalue weighted by Crippen LogP contribution is 2.14. The van der Waals surface area contributed by atoms with Crippen LogP contribution < -0.4 is 10.2 Å². The number of Topliss-reactive ketones (excluding diaryl/α,β-unsaturated/α-hetero) is 1. The molecule has 2 amide bonds. The van der Waals surface area contributed by atoms with Crippen LogP contribution in [0.5, 0.6) is 0 Å². The van der Waals surface area contributed by atoms with Crippen molar-refractivity contribution in [1.82, 2.24) is 14.9 Å². The maximum atomic E-state index is 12.9. The molecule has 7 nitrogen and oxygen atoms in total. The Bertz CT molecular complexity index is 756. The van der Waals surface area contributed by atoms with Crippen molar-refractivity contribution in [2.75, 3.05) is 36.4 Å². The number of hydrogen-bond acceptors (Lipinski definition) is 5. The number of urea groups is 1. The molecule has 2 aromatic rings. The molecule has 0 aliphatic carbocycles. The predicted molar refractivity (Wildman–Crippen MR) is 91.2 cm³/mol. The van der Waals surface area contributed by atoms with Crippen molar-refractivity contribution in [3.05, 3.63) is 48.0 Å². The Morgan fingerprint density at radius 3 is 2.20 bits per heavy atom. The van der Waals surface area contributed by atoms with E-state index in [9.17, 15) is 14.0 Å². The molecule has 1 aliphatic rings. The van der Waals surface area contributed by atoms with E-state index in [1.165, 1.54) is 6.92 Å².